The number of ether oxygens (including phenoxy) is 1. The molecule has 23 heavy (non-hydrogen) atoms. The quantitative estimate of drug-likeness (QED) is 0.568. The van der Waals surface area contributed by atoms with Crippen LogP contribution in [0.4, 0.5) is 0 Å². The van der Waals surface area contributed by atoms with Crippen LogP contribution in [0.2, 0.25) is 0 Å². The van der Waals surface area contributed by atoms with Gasteiger partial charge in [0.1, 0.15) is 12.2 Å². The summed E-state index contributed by atoms with van der Waals surface area (Å²) in [4.78, 5) is 12.0. The lowest BCUT2D eigenvalue weighted by molar-refractivity contribution is -0.181. The Bertz CT molecular complexity index is 348. The molecule has 136 valence electrons. The van der Waals surface area contributed by atoms with Crippen molar-refractivity contribution in [3.8, 4) is 0 Å². The van der Waals surface area contributed by atoms with Crippen molar-refractivity contribution in [1.82, 2.24) is 5.32 Å². The van der Waals surface area contributed by atoms with E-state index in [1.165, 1.54) is 12.8 Å². The van der Waals surface area contributed by atoms with Crippen molar-refractivity contribution < 1.29 is 19.7 Å². The number of carbonyl (C=O) groups excluding carboxylic acids is 1. The van der Waals surface area contributed by atoms with E-state index in [9.17, 15) is 15.0 Å². The molecule has 0 bridgehead atoms. The first-order valence-corrected chi connectivity index (χ1v) is 9.17. The summed E-state index contributed by atoms with van der Waals surface area (Å²) in [7, 11) is 0. The van der Waals surface area contributed by atoms with E-state index < -0.39 is 18.2 Å². The van der Waals surface area contributed by atoms with E-state index in [-0.39, 0.29) is 18.1 Å². The Morgan fingerprint density at radius 1 is 1.13 bits per heavy atom. The molecule has 0 spiro atoms. The largest absolute Gasteiger partial charge is 0.388 e. The Balaban J connectivity index is 2.28. The van der Waals surface area contributed by atoms with E-state index in [1.54, 1.807) is 0 Å². The zero-order chi connectivity index (χ0) is 17.4. The molecule has 0 aromatic carbocycles. The number of aliphatic hydroxyl groups excluding tert-OH is 2. The molecule has 0 saturated carbocycles. The Morgan fingerprint density at radius 3 is 2.39 bits per heavy atom. The first kappa shape index (κ1) is 20.4. The van der Waals surface area contributed by atoms with Gasteiger partial charge in [0.05, 0.1) is 18.2 Å². The molecule has 1 rings (SSSR count). The average molecular weight is 329 g/mol. The lowest BCUT2D eigenvalue weighted by Gasteiger charge is -2.41. The van der Waals surface area contributed by atoms with Crippen molar-refractivity contribution in [2.75, 3.05) is 0 Å². The summed E-state index contributed by atoms with van der Waals surface area (Å²) in [6, 6.07) is -0.541. The molecule has 0 radical (unpaired) electrons. The molecule has 5 heteroatoms. The topological polar surface area (TPSA) is 78.8 Å². The van der Waals surface area contributed by atoms with Crippen LogP contribution in [-0.4, -0.2) is 46.6 Å². The van der Waals surface area contributed by atoms with Crippen LogP contribution in [0.25, 0.3) is 0 Å². The van der Waals surface area contributed by atoms with Crippen molar-refractivity contribution in [1.29, 1.82) is 0 Å². The van der Waals surface area contributed by atoms with Gasteiger partial charge in [-0.2, -0.15) is 0 Å². The highest BCUT2D eigenvalue weighted by Gasteiger charge is 2.42. The summed E-state index contributed by atoms with van der Waals surface area (Å²) in [5.41, 5.74) is 0. The highest BCUT2D eigenvalue weighted by molar-refractivity contribution is 5.76. The fraction of sp³-hybridized carbons (Fsp3) is 0.944. The van der Waals surface area contributed by atoms with Crippen LogP contribution < -0.4 is 5.32 Å². The van der Waals surface area contributed by atoms with E-state index >= 15 is 0 Å². The maximum Gasteiger partial charge on any atom is 0.220 e. The molecule has 2 unspecified atom stereocenters. The van der Waals surface area contributed by atoms with Crippen molar-refractivity contribution in [3.05, 3.63) is 0 Å². The van der Waals surface area contributed by atoms with E-state index in [0.29, 0.717) is 12.8 Å². The average Bonchev–Trinajstić information content (AvgIpc) is 2.50. The first-order chi connectivity index (χ1) is 10.9. The van der Waals surface area contributed by atoms with Crippen LogP contribution in [0.1, 0.15) is 72.6 Å². The summed E-state index contributed by atoms with van der Waals surface area (Å²) in [6.45, 7) is 8.19. The third kappa shape index (κ3) is 6.77. The van der Waals surface area contributed by atoms with Gasteiger partial charge in [-0.25, -0.2) is 0 Å². The van der Waals surface area contributed by atoms with Gasteiger partial charge < -0.3 is 20.3 Å². The number of hydrogen-bond donors (Lipinski definition) is 3. The maximum absolute atomic E-state index is 12.0. The lowest BCUT2D eigenvalue weighted by Crippen LogP contribution is -2.62. The predicted octanol–water partition coefficient (Wildman–Crippen LogP) is 2.39. The van der Waals surface area contributed by atoms with Crippen LogP contribution in [0.5, 0.6) is 0 Å². The zero-order valence-electron chi connectivity index (χ0n) is 15.1. The molecule has 1 aliphatic heterocycles. The minimum atomic E-state index is -0.973. The van der Waals surface area contributed by atoms with Gasteiger partial charge in [-0.3, -0.25) is 4.79 Å². The Kier molecular flexibility index (Phi) is 9.10. The third-order valence-electron chi connectivity index (χ3n) is 4.66. The normalized spacial score (nSPS) is 31.3. The lowest BCUT2D eigenvalue weighted by atomic mass is 9.92. The van der Waals surface area contributed by atoms with E-state index in [0.717, 1.165) is 25.2 Å². The summed E-state index contributed by atoms with van der Waals surface area (Å²) >= 11 is 0. The van der Waals surface area contributed by atoms with Gasteiger partial charge in [0.15, 0.2) is 0 Å². The van der Waals surface area contributed by atoms with E-state index in [4.69, 9.17) is 4.74 Å². The van der Waals surface area contributed by atoms with Crippen molar-refractivity contribution in [2.24, 2.45) is 5.92 Å². The number of hydrogen-bond acceptors (Lipinski definition) is 4. The van der Waals surface area contributed by atoms with E-state index in [2.05, 4.69) is 19.2 Å². The second kappa shape index (κ2) is 10.3. The molecule has 1 aliphatic rings. The third-order valence-corrected chi connectivity index (χ3v) is 4.66. The van der Waals surface area contributed by atoms with Crippen LogP contribution in [0, 0.1) is 5.92 Å². The molecule has 0 aromatic heterocycles. The van der Waals surface area contributed by atoms with Crippen molar-refractivity contribution in [2.45, 2.75) is 103 Å². The van der Waals surface area contributed by atoms with Gasteiger partial charge in [-0.1, -0.05) is 46.5 Å². The smallest absolute Gasteiger partial charge is 0.220 e. The van der Waals surface area contributed by atoms with Gasteiger partial charge in [0.25, 0.3) is 0 Å². The second-order valence-electron chi connectivity index (χ2n) is 7.21. The fourth-order valence-electron chi connectivity index (χ4n) is 3.14. The molecule has 1 amide bonds. The fourth-order valence-corrected chi connectivity index (χ4v) is 3.14. The molecule has 5 nitrogen and oxygen atoms in total. The summed E-state index contributed by atoms with van der Waals surface area (Å²) in [5, 5.41) is 23.1. The summed E-state index contributed by atoms with van der Waals surface area (Å²) in [6.07, 6.45) is 4.06. The number of carbonyl (C=O) groups is 1. The summed E-state index contributed by atoms with van der Waals surface area (Å²) < 4.78 is 5.69. The van der Waals surface area contributed by atoms with Gasteiger partial charge in [0.2, 0.25) is 5.91 Å². The van der Waals surface area contributed by atoms with Gasteiger partial charge in [0, 0.05) is 6.42 Å². The molecule has 5 atom stereocenters. The minimum Gasteiger partial charge on any atom is -0.388 e. The van der Waals surface area contributed by atoms with Gasteiger partial charge >= 0.3 is 0 Å². The Morgan fingerprint density at radius 2 is 1.78 bits per heavy atom. The van der Waals surface area contributed by atoms with Crippen LogP contribution >= 0.6 is 0 Å². The molecular weight excluding hydrogens is 294 g/mol. The number of nitrogens with one attached hydrogen (secondary N) is 1. The number of unbranched alkanes of at least 4 members (excludes halogenated alkanes) is 3. The number of amides is 1. The molecule has 0 aromatic rings. The standard InChI is InChI=1S/C18H35NO4/c1-5-14-17(21)18(22)16(13(4)23-14)19-15(20)11-9-7-6-8-10-12(2)3/h12-14,16-18,21-22H,5-11H2,1-4H3,(H,19,20)/t13-,14?,16?,17+,18+/m0/s1. The minimum absolute atomic E-state index is 0.0736. The van der Waals surface area contributed by atoms with Gasteiger partial charge in [-0.05, 0) is 25.7 Å². The molecule has 3 N–H and O–H groups in total. The van der Waals surface area contributed by atoms with Crippen LogP contribution in [0.3, 0.4) is 0 Å². The maximum atomic E-state index is 12.0. The SMILES string of the molecule is CCC1O[C@@H](C)C(NC(=O)CCCCCCC(C)C)[C@@H](O)[C@@H]1O. The van der Waals surface area contributed by atoms with Crippen molar-refractivity contribution in [3.63, 3.8) is 0 Å². The van der Waals surface area contributed by atoms with Crippen molar-refractivity contribution >= 4 is 5.91 Å². The predicted molar refractivity (Wildman–Crippen MR) is 91.1 cm³/mol. The highest BCUT2D eigenvalue weighted by Crippen LogP contribution is 2.23. The molecule has 0 aliphatic carbocycles. The first-order valence-electron chi connectivity index (χ1n) is 9.17. The van der Waals surface area contributed by atoms with Gasteiger partial charge in [-0.15, -0.1) is 0 Å². The zero-order valence-corrected chi connectivity index (χ0v) is 15.1. The summed E-state index contributed by atoms with van der Waals surface area (Å²) in [5.74, 6) is 0.668. The number of aliphatic hydroxyl groups is 2. The van der Waals surface area contributed by atoms with Crippen LogP contribution in [-0.2, 0) is 9.53 Å². The Labute approximate surface area is 140 Å². The van der Waals surface area contributed by atoms with E-state index in [1.807, 2.05) is 13.8 Å². The molecular formula is C18H35NO4. The van der Waals surface area contributed by atoms with Crippen LogP contribution in [0.15, 0.2) is 0 Å². The molecule has 1 fully saturated rings. The second-order valence-corrected chi connectivity index (χ2v) is 7.21. The monoisotopic (exact) mass is 329 g/mol. The highest BCUT2D eigenvalue weighted by atomic mass is 16.5. The molecule has 1 heterocycles. The number of rotatable bonds is 9. The molecule has 1 saturated heterocycles. The Hall–Kier alpha value is -0.650.